The van der Waals surface area contributed by atoms with Gasteiger partial charge in [-0.3, -0.25) is 4.98 Å². The van der Waals surface area contributed by atoms with E-state index in [9.17, 15) is 0 Å². The molecule has 0 bridgehead atoms. The highest BCUT2D eigenvalue weighted by Crippen LogP contribution is 2.31. The standard InChI is InChI=1S/C11H15BrN2O/c1-15-5-4-14(10-2-3-10)11-6-9(12)7-13-8-11/h6-8,10H,2-5H2,1H3. The van der Waals surface area contributed by atoms with Gasteiger partial charge in [0.15, 0.2) is 0 Å². The van der Waals surface area contributed by atoms with Gasteiger partial charge in [-0.05, 0) is 34.8 Å². The van der Waals surface area contributed by atoms with Crippen LogP contribution in [0.5, 0.6) is 0 Å². The number of anilines is 1. The second kappa shape index (κ2) is 4.94. The first-order chi connectivity index (χ1) is 7.31. The average Bonchev–Trinajstić information content (AvgIpc) is 3.03. The van der Waals surface area contributed by atoms with Crippen LogP contribution in [0.15, 0.2) is 22.9 Å². The summed E-state index contributed by atoms with van der Waals surface area (Å²) >= 11 is 3.45. The van der Waals surface area contributed by atoms with Gasteiger partial charge in [-0.2, -0.15) is 0 Å². The van der Waals surface area contributed by atoms with Crippen molar-refractivity contribution in [3.8, 4) is 0 Å². The van der Waals surface area contributed by atoms with Crippen LogP contribution in [0.1, 0.15) is 12.8 Å². The maximum absolute atomic E-state index is 5.13. The molecule has 0 spiro atoms. The maximum atomic E-state index is 5.13. The van der Waals surface area contributed by atoms with E-state index in [-0.39, 0.29) is 0 Å². The van der Waals surface area contributed by atoms with Crippen molar-refractivity contribution in [1.29, 1.82) is 0 Å². The lowest BCUT2D eigenvalue weighted by Crippen LogP contribution is -2.29. The number of nitrogens with zero attached hydrogens (tertiary/aromatic N) is 2. The van der Waals surface area contributed by atoms with Crippen LogP contribution in [0.25, 0.3) is 0 Å². The van der Waals surface area contributed by atoms with Gasteiger partial charge in [0.05, 0.1) is 18.5 Å². The number of pyridine rings is 1. The van der Waals surface area contributed by atoms with E-state index in [1.807, 2.05) is 12.4 Å². The highest BCUT2D eigenvalue weighted by atomic mass is 79.9. The van der Waals surface area contributed by atoms with E-state index in [1.54, 1.807) is 7.11 Å². The molecule has 0 atom stereocenters. The summed E-state index contributed by atoms with van der Waals surface area (Å²) in [7, 11) is 1.74. The van der Waals surface area contributed by atoms with Crippen LogP contribution >= 0.6 is 15.9 Å². The Labute approximate surface area is 98.6 Å². The van der Waals surface area contributed by atoms with E-state index in [0.717, 1.165) is 17.6 Å². The summed E-state index contributed by atoms with van der Waals surface area (Å²) in [6.45, 7) is 1.71. The van der Waals surface area contributed by atoms with Gasteiger partial charge in [-0.1, -0.05) is 0 Å². The molecule has 15 heavy (non-hydrogen) atoms. The molecule has 0 radical (unpaired) electrons. The first-order valence-electron chi connectivity index (χ1n) is 5.17. The van der Waals surface area contributed by atoms with E-state index in [4.69, 9.17) is 4.74 Å². The number of rotatable bonds is 5. The molecule has 0 N–H and O–H groups in total. The molecule has 1 aliphatic rings. The summed E-state index contributed by atoms with van der Waals surface area (Å²) in [5, 5.41) is 0. The summed E-state index contributed by atoms with van der Waals surface area (Å²) in [4.78, 5) is 6.57. The summed E-state index contributed by atoms with van der Waals surface area (Å²) in [6.07, 6.45) is 6.30. The number of aromatic nitrogens is 1. The van der Waals surface area contributed by atoms with Gasteiger partial charge in [0.25, 0.3) is 0 Å². The van der Waals surface area contributed by atoms with Crippen LogP contribution in [0.2, 0.25) is 0 Å². The molecular weight excluding hydrogens is 256 g/mol. The lowest BCUT2D eigenvalue weighted by atomic mass is 10.3. The molecule has 2 rings (SSSR count). The van der Waals surface area contributed by atoms with Gasteiger partial charge in [0.2, 0.25) is 0 Å². The largest absolute Gasteiger partial charge is 0.383 e. The van der Waals surface area contributed by atoms with Gasteiger partial charge in [-0.15, -0.1) is 0 Å². The van der Waals surface area contributed by atoms with E-state index < -0.39 is 0 Å². The molecule has 1 heterocycles. The highest BCUT2D eigenvalue weighted by Gasteiger charge is 2.29. The van der Waals surface area contributed by atoms with Crippen molar-refractivity contribution in [2.45, 2.75) is 18.9 Å². The van der Waals surface area contributed by atoms with Gasteiger partial charge in [0.1, 0.15) is 0 Å². The molecule has 3 nitrogen and oxygen atoms in total. The second-order valence-electron chi connectivity index (χ2n) is 3.78. The first kappa shape index (κ1) is 10.9. The van der Waals surface area contributed by atoms with E-state index in [2.05, 4.69) is 31.9 Å². The summed E-state index contributed by atoms with van der Waals surface area (Å²) in [5.41, 5.74) is 1.18. The van der Waals surface area contributed by atoms with Crippen molar-refractivity contribution in [2.24, 2.45) is 0 Å². The lowest BCUT2D eigenvalue weighted by molar-refractivity contribution is 0.205. The molecule has 1 saturated carbocycles. The molecule has 0 unspecified atom stereocenters. The topological polar surface area (TPSA) is 25.4 Å². The fourth-order valence-corrected chi connectivity index (χ4v) is 2.01. The number of hydrogen-bond acceptors (Lipinski definition) is 3. The van der Waals surface area contributed by atoms with Gasteiger partial charge < -0.3 is 9.64 Å². The fourth-order valence-electron chi connectivity index (χ4n) is 1.66. The minimum atomic E-state index is 0.691. The number of halogens is 1. The minimum absolute atomic E-state index is 0.691. The normalized spacial score (nSPS) is 15.3. The van der Waals surface area contributed by atoms with Crippen LogP contribution < -0.4 is 4.90 Å². The molecule has 1 aromatic heterocycles. The highest BCUT2D eigenvalue weighted by molar-refractivity contribution is 9.10. The average molecular weight is 271 g/mol. The number of ether oxygens (including phenoxy) is 1. The van der Waals surface area contributed by atoms with Gasteiger partial charge >= 0.3 is 0 Å². The number of hydrogen-bond donors (Lipinski definition) is 0. The lowest BCUT2D eigenvalue weighted by Gasteiger charge is -2.23. The Hall–Kier alpha value is -0.610. The minimum Gasteiger partial charge on any atom is -0.383 e. The molecular formula is C11H15BrN2O. The van der Waals surface area contributed by atoms with Crippen molar-refractivity contribution >= 4 is 21.6 Å². The predicted molar refractivity (Wildman–Crippen MR) is 64.2 cm³/mol. The summed E-state index contributed by atoms with van der Waals surface area (Å²) in [5.74, 6) is 0. The van der Waals surface area contributed by atoms with Crippen LogP contribution in [-0.2, 0) is 4.74 Å². The molecule has 1 aromatic rings. The Kier molecular flexibility index (Phi) is 3.59. The van der Waals surface area contributed by atoms with E-state index >= 15 is 0 Å². The quantitative estimate of drug-likeness (QED) is 0.822. The number of methoxy groups -OCH3 is 1. The predicted octanol–water partition coefficient (Wildman–Crippen LogP) is 2.46. The molecule has 1 fully saturated rings. The van der Waals surface area contributed by atoms with Crippen molar-refractivity contribution in [3.63, 3.8) is 0 Å². The molecule has 1 aliphatic carbocycles. The van der Waals surface area contributed by atoms with Crippen LogP contribution in [0, 0.1) is 0 Å². The van der Waals surface area contributed by atoms with E-state index in [1.165, 1.54) is 18.5 Å². The molecule has 4 heteroatoms. The molecule has 0 aromatic carbocycles. The van der Waals surface area contributed by atoms with Crippen LogP contribution in [0.3, 0.4) is 0 Å². The molecule has 0 aliphatic heterocycles. The maximum Gasteiger partial charge on any atom is 0.0637 e. The van der Waals surface area contributed by atoms with Crippen LogP contribution in [-0.4, -0.2) is 31.3 Å². The smallest absolute Gasteiger partial charge is 0.0637 e. The van der Waals surface area contributed by atoms with E-state index in [0.29, 0.717) is 6.04 Å². The third-order valence-electron chi connectivity index (χ3n) is 2.55. The Balaban J connectivity index is 2.09. The SMILES string of the molecule is COCCN(c1cncc(Br)c1)C1CC1. The Morgan fingerprint density at radius 3 is 2.93 bits per heavy atom. The zero-order valence-corrected chi connectivity index (χ0v) is 10.4. The van der Waals surface area contributed by atoms with Gasteiger partial charge in [-0.25, -0.2) is 0 Å². The Bertz CT molecular complexity index is 328. The van der Waals surface area contributed by atoms with Crippen molar-refractivity contribution < 1.29 is 4.74 Å². The van der Waals surface area contributed by atoms with Crippen molar-refractivity contribution in [1.82, 2.24) is 4.98 Å². The molecule has 0 saturated heterocycles. The van der Waals surface area contributed by atoms with Crippen molar-refractivity contribution in [3.05, 3.63) is 22.9 Å². The fraction of sp³-hybridized carbons (Fsp3) is 0.545. The monoisotopic (exact) mass is 270 g/mol. The Morgan fingerprint density at radius 1 is 1.53 bits per heavy atom. The second-order valence-corrected chi connectivity index (χ2v) is 4.69. The molecule has 0 amide bonds. The van der Waals surface area contributed by atoms with Gasteiger partial charge in [0, 0.05) is 30.4 Å². The van der Waals surface area contributed by atoms with Crippen LogP contribution in [0.4, 0.5) is 5.69 Å². The van der Waals surface area contributed by atoms with Crippen molar-refractivity contribution in [2.75, 3.05) is 25.2 Å². The first-order valence-corrected chi connectivity index (χ1v) is 5.96. The Morgan fingerprint density at radius 2 is 2.33 bits per heavy atom. The summed E-state index contributed by atoms with van der Waals surface area (Å²) in [6, 6.07) is 2.80. The zero-order valence-electron chi connectivity index (χ0n) is 8.82. The third kappa shape index (κ3) is 2.92. The molecule has 82 valence electrons. The third-order valence-corrected chi connectivity index (χ3v) is 2.98. The summed E-state index contributed by atoms with van der Waals surface area (Å²) < 4.78 is 6.16. The zero-order chi connectivity index (χ0) is 10.7.